The van der Waals surface area contributed by atoms with Crippen molar-refractivity contribution in [2.45, 2.75) is 52.1 Å². The van der Waals surface area contributed by atoms with Crippen LogP contribution in [0, 0.1) is 118 Å². The SMILES string of the molecule is CC#CC#CC#CC#CC#CC#CC#CC#CC#CC#C/C=C\OCC(CC)OCOCC[Si](C)(C)C. The van der Waals surface area contributed by atoms with E-state index >= 15 is 0 Å². The lowest BCUT2D eigenvalue weighted by molar-refractivity contribution is -0.101. The quantitative estimate of drug-likeness (QED) is 0.151. The third-order valence-corrected chi connectivity index (χ3v) is 5.33. The highest BCUT2D eigenvalue weighted by Crippen LogP contribution is 2.08. The van der Waals surface area contributed by atoms with Gasteiger partial charge in [0, 0.05) is 32.6 Å². The van der Waals surface area contributed by atoms with E-state index in [0.29, 0.717) is 6.61 Å². The van der Waals surface area contributed by atoms with Gasteiger partial charge in [0.2, 0.25) is 0 Å². The van der Waals surface area contributed by atoms with Crippen LogP contribution in [0.3, 0.4) is 0 Å². The van der Waals surface area contributed by atoms with Gasteiger partial charge in [0.25, 0.3) is 0 Å². The van der Waals surface area contributed by atoms with Crippen LogP contribution in [0.1, 0.15) is 20.3 Å². The van der Waals surface area contributed by atoms with Crippen molar-refractivity contribution < 1.29 is 14.2 Å². The Morgan fingerprint density at radius 3 is 1.57 bits per heavy atom. The zero-order chi connectivity index (χ0) is 27.3. The molecule has 0 aliphatic rings. The van der Waals surface area contributed by atoms with Gasteiger partial charge in [-0.15, -0.1) is 0 Å². The van der Waals surface area contributed by atoms with Crippen molar-refractivity contribution in [3.63, 3.8) is 0 Å². The number of rotatable bonds is 10. The van der Waals surface area contributed by atoms with Gasteiger partial charge in [0.15, 0.2) is 0 Å². The Morgan fingerprint density at radius 1 is 0.676 bits per heavy atom. The molecule has 0 rings (SSSR count). The second-order valence-electron chi connectivity index (χ2n) is 7.81. The van der Waals surface area contributed by atoms with Gasteiger partial charge in [0.05, 0.1) is 12.4 Å². The van der Waals surface area contributed by atoms with Crippen molar-refractivity contribution in [1.82, 2.24) is 0 Å². The zero-order valence-electron chi connectivity index (χ0n) is 22.0. The van der Waals surface area contributed by atoms with Crippen LogP contribution in [-0.2, 0) is 14.2 Å². The monoisotopic (exact) mass is 500 g/mol. The van der Waals surface area contributed by atoms with Crippen LogP contribution in [0.5, 0.6) is 0 Å². The molecule has 3 nitrogen and oxygen atoms in total. The first-order valence-electron chi connectivity index (χ1n) is 11.4. The predicted molar refractivity (Wildman–Crippen MR) is 153 cm³/mol. The molecule has 182 valence electrons. The van der Waals surface area contributed by atoms with Crippen molar-refractivity contribution in [3.05, 3.63) is 12.3 Å². The average Bonchev–Trinajstić information content (AvgIpc) is 2.87. The first kappa shape index (κ1) is 32.3. The third kappa shape index (κ3) is 27.4. The molecule has 0 saturated heterocycles. The normalized spacial score (nSPS) is 8.68. The van der Waals surface area contributed by atoms with Crippen molar-refractivity contribution in [2.24, 2.45) is 0 Å². The van der Waals surface area contributed by atoms with E-state index in [2.05, 4.69) is 138 Å². The molecule has 37 heavy (non-hydrogen) atoms. The molecule has 4 heteroatoms. The Labute approximate surface area is 224 Å². The zero-order valence-corrected chi connectivity index (χ0v) is 23.0. The van der Waals surface area contributed by atoms with Crippen LogP contribution in [0.15, 0.2) is 12.3 Å². The molecule has 0 N–H and O–H groups in total. The summed E-state index contributed by atoms with van der Waals surface area (Å²) in [4.78, 5) is 0. The van der Waals surface area contributed by atoms with E-state index in [1.807, 2.05) is 6.92 Å². The van der Waals surface area contributed by atoms with Crippen LogP contribution in [0.4, 0.5) is 0 Å². The standard InChI is InChI=1S/C33H28O3Si/c1-6-8-9-10-11-12-13-14-15-16-17-18-19-20-21-22-23-24-25-26-27-28-34-31-33(7-2)36-32-35-29-30-37(3,4)5/h27-28,33H,7,29-32H2,1-5H3/b28-27-. The summed E-state index contributed by atoms with van der Waals surface area (Å²) >= 11 is 0. The topological polar surface area (TPSA) is 27.7 Å². The van der Waals surface area contributed by atoms with Crippen molar-refractivity contribution in [1.29, 1.82) is 0 Å². The summed E-state index contributed by atoms with van der Waals surface area (Å²) in [6, 6.07) is 1.12. The fourth-order valence-electron chi connectivity index (χ4n) is 1.75. The summed E-state index contributed by atoms with van der Waals surface area (Å²) in [5.41, 5.74) is 0. The lowest BCUT2D eigenvalue weighted by Gasteiger charge is -2.18. The molecule has 0 bridgehead atoms. The molecule has 0 amide bonds. The molecule has 0 aromatic rings. The third-order valence-electron chi connectivity index (χ3n) is 3.63. The Hall–Kier alpha value is -4.72. The molecule has 0 aliphatic heterocycles. The van der Waals surface area contributed by atoms with E-state index in [1.54, 1.807) is 13.0 Å². The predicted octanol–water partition coefficient (Wildman–Crippen LogP) is 3.68. The Balaban J connectivity index is 4.22. The van der Waals surface area contributed by atoms with Gasteiger partial charge in [0.1, 0.15) is 13.4 Å². The van der Waals surface area contributed by atoms with E-state index in [1.165, 1.54) is 6.26 Å². The summed E-state index contributed by atoms with van der Waals surface area (Å²) in [7, 11) is -1.07. The van der Waals surface area contributed by atoms with E-state index in [4.69, 9.17) is 14.2 Å². The second kappa shape index (κ2) is 24.4. The molecule has 1 atom stereocenters. The second-order valence-corrected chi connectivity index (χ2v) is 13.4. The highest BCUT2D eigenvalue weighted by atomic mass is 28.3. The first-order valence-corrected chi connectivity index (χ1v) is 15.1. The van der Waals surface area contributed by atoms with E-state index < -0.39 is 8.07 Å². The van der Waals surface area contributed by atoms with Gasteiger partial charge in [-0.25, -0.2) is 0 Å². The molecule has 0 saturated carbocycles. The Kier molecular flexibility index (Phi) is 21.3. The summed E-state index contributed by atoms with van der Waals surface area (Å²) in [5.74, 6) is 51.2. The van der Waals surface area contributed by atoms with Gasteiger partial charge in [-0.3, -0.25) is 0 Å². The van der Waals surface area contributed by atoms with Crippen LogP contribution < -0.4 is 0 Å². The molecule has 0 fully saturated rings. The largest absolute Gasteiger partial charge is 0.498 e. The number of allylic oxidation sites excluding steroid dienone is 1. The van der Waals surface area contributed by atoms with Gasteiger partial charge in [-0.05, 0) is 114 Å². The maximum atomic E-state index is 5.67. The van der Waals surface area contributed by atoms with Crippen LogP contribution in [-0.4, -0.2) is 34.2 Å². The minimum Gasteiger partial charge on any atom is -0.498 e. The molecular weight excluding hydrogens is 472 g/mol. The molecule has 0 heterocycles. The van der Waals surface area contributed by atoms with Crippen molar-refractivity contribution in [2.75, 3.05) is 20.0 Å². The number of hydrogen-bond acceptors (Lipinski definition) is 3. The molecular formula is C33H28O3Si. The van der Waals surface area contributed by atoms with E-state index in [0.717, 1.165) is 19.1 Å². The smallest absolute Gasteiger partial charge is 0.147 e. The summed E-state index contributed by atoms with van der Waals surface area (Å²) in [6.07, 6.45) is 3.90. The van der Waals surface area contributed by atoms with E-state index in [9.17, 15) is 0 Å². The highest BCUT2D eigenvalue weighted by Gasteiger charge is 2.12. The maximum absolute atomic E-state index is 5.67. The molecule has 1 unspecified atom stereocenters. The van der Waals surface area contributed by atoms with Gasteiger partial charge in [-0.2, -0.15) is 0 Å². The van der Waals surface area contributed by atoms with Gasteiger partial charge in [-0.1, -0.05) is 38.4 Å². The molecule has 0 aromatic carbocycles. The number of ether oxygens (including phenoxy) is 3. The molecule has 0 radical (unpaired) electrons. The van der Waals surface area contributed by atoms with Crippen molar-refractivity contribution >= 4 is 8.07 Å². The Morgan fingerprint density at radius 2 is 1.14 bits per heavy atom. The van der Waals surface area contributed by atoms with Crippen LogP contribution >= 0.6 is 0 Å². The summed E-state index contributed by atoms with van der Waals surface area (Å²) in [6.45, 7) is 12.2. The van der Waals surface area contributed by atoms with Crippen LogP contribution in [0.25, 0.3) is 0 Å². The fourth-order valence-corrected chi connectivity index (χ4v) is 2.51. The maximum Gasteiger partial charge on any atom is 0.147 e. The summed E-state index contributed by atoms with van der Waals surface area (Å²) < 4.78 is 16.7. The van der Waals surface area contributed by atoms with Crippen molar-refractivity contribution in [3.8, 4) is 118 Å². The Bertz CT molecular complexity index is 1390. The number of hydrogen-bond donors (Lipinski definition) is 0. The fraction of sp³-hybridized carbons (Fsp3) is 0.333. The lowest BCUT2D eigenvalue weighted by atomic mass is 10.3. The van der Waals surface area contributed by atoms with Crippen LogP contribution in [0.2, 0.25) is 25.7 Å². The highest BCUT2D eigenvalue weighted by molar-refractivity contribution is 6.76. The first-order chi connectivity index (χ1) is 18.0. The van der Waals surface area contributed by atoms with Gasteiger partial charge >= 0.3 is 0 Å². The minimum atomic E-state index is -1.07. The van der Waals surface area contributed by atoms with E-state index in [-0.39, 0.29) is 12.9 Å². The average molecular weight is 501 g/mol. The van der Waals surface area contributed by atoms with Gasteiger partial charge < -0.3 is 14.2 Å². The summed E-state index contributed by atoms with van der Waals surface area (Å²) in [5, 5.41) is 0. The lowest BCUT2D eigenvalue weighted by Crippen LogP contribution is -2.23. The molecule has 0 spiro atoms. The molecule has 0 aliphatic carbocycles. The molecule has 0 aromatic heterocycles. The minimum absolute atomic E-state index is 0.0250.